The summed E-state index contributed by atoms with van der Waals surface area (Å²) in [7, 11) is 0. The molecular weight excluding hydrogens is 374 g/mol. The quantitative estimate of drug-likeness (QED) is 0.629. The molecular formula is C21H22BrN3. The first-order chi connectivity index (χ1) is 12.2. The minimum atomic E-state index is 0.807. The van der Waals surface area contributed by atoms with Gasteiger partial charge in [0.05, 0.1) is 11.2 Å². The van der Waals surface area contributed by atoms with Crippen LogP contribution in [0.1, 0.15) is 35.2 Å². The number of likely N-dealkylation sites (tertiary alicyclic amines) is 1. The number of aromatic nitrogens is 2. The van der Waals surface area contributed by atoms with Crippen LogP contribution < -0.4 is 0 Å². The van der Waals surface area contributed by atoms with Crippen LogP contribution in [0.15, 0.2) is 47.2 Å². The number of hydrogen-bond donors (Lipinski definition) is 0. The van der Waals surface area contributed by atoms with E-state index in [0.29, 0.717) is 0 Å². The van der Waals surface area contributed by atoms with Crippen LogP contribution in [0, 0.1) is 6.92 Å². The topological polar surface area (TPSA) is 29.0 Å². The van der Waals surface area contributed by atoms with Crippen molar-refractivity contribution in [1.82, 2.24) is 14.9 Å². The maximum Gasteiger partial charge on any atom is 0.0920 e. The van der Waals surface area contributed by atoms with Gasteiger partial charge in [0.1, 0.15) is 0 Å². The Kier molecular flexibility index (Phi) is 4.82. The van der Waals surface area contributed by atoms with Crippen molar-refractivity contribution in [3.63, 3.8) is 0 Å². The van der Waals surface area contributed by atoms with Crippen molar-refractivity contribution >= 4 is 26.8 Å². The average Bonchev–Trinajstić information content (AvgIpc) is 3.12. The summed E-state index contributed by atoms with van der Waals surface area (Å²) in [6.07, 6.45) is 7.38. The van der Waals surface area contributed by atoms with Gasteiger partial charge in [0.2, 0.25) is 0 Å². The zero-order chi connectivity index (χ0) is 17.2. The highest BCUT2D eigenvalue weighted by molar-refractivity contribution is 9.10. The van der Waals surface area contributed by atoms with Gasteiger partial charge in [-0.1, -0.05) is 28.1 Å². The first-order valence-corrected chi connectivity index (χ1v) is 9.69. The fraction of sp³-hybridized carbons (Fsp3) is 0.333. The van der Waals surface area contributed by atoms with Gasteiger partial charge in [0.25, 0.3) is 0 Å². The second kappa shape index (κ2) is 7.22. The Labute approximate surface area is 157 Å². The lowest BCUT2D eigenvalue weighted by atomic mass is 10.0. The van der Waals surface area contributed by atoms with Gasteiger partial charge in [-0.2, -0.15) is 0 Å². The van der Waals surface area contributed by atoms with Crippen LogP contribution in [0.5, 0.6) is 0 Å². The van der Waals surface area contributed by atoms with Crippen molar-refractivity contribution in [3.8, 4) is 0 Å². The number of benzene rings is 1. The molecule has 0 saturated carbocycles. The van der Waals surface area contributed by atoms with Gasteiger partial charge in [-0.15, -0.1) is 0 Å². The van der Waals surface area contributed by atoms with Crippen molar-refractivity contribution in [1.29, 1.82) is 0 Å². The van der Waals surface area contributed by atoms with Crippen molar-refractivity contribution in [2.24, 2.45) is 0 Å². The summed E-state index contributed by atoms with van der Waals surface area (Å²) < 4.78 is 1.14. The minimum Gasteiger partial charge on any atom is -0.299 e. The van der Waals surface area contributed by atoms with Crippen molar-refractivity contribution in [2.75, 3.05) is 13.1 Å². The van der Waals surface area contributed by atoms with Gasteiger partial charge >= 0.3 is 0 Å². The normalized spacial score (nSPS) is 15.1. The van der Waals surface area contributed by atoms with E-state index in [1.54, 1.807) is 0 Å². The predicted molar refractivity (Wildman–Crippen MR) is 106 cm³/mol. The van der Waals surface area contributed by atoms with Gasteiger partial charge in [-0.3, -0.25) is 14.9 Å². The van der Waals surface area contributed by atoms with Crippen LogP contribution in [0.2, 0.25) is 0 Å². The molecule has 2 aromatic heterocycles. The Morgan fingerprint density at radius 3 is 2.80 bits per heavy atom. The highest BCUT2D eigenvalue weighted by Crippen LogP contribution is 2.24. The summed E-state index contributed by atoms with van der Waals surface area (Å²) in [6.45, 7) is 5.57. The lowest BCUT2D eigenvalue weighted by molar-refractivity contribution is 0.331. The number of pyridine rings is 2. The minimum absolute atomic E-state index is 0.807. The molecule has 1 aromatic carbocycles. The van der Waals surface area contributed by atoms with Gasteiger partial charge in [-0.25, -0.2) is 0 Å². The second-order valence-electron chi connectivity index (χ2n) is 6.86. The number of nitrogens with zero attached hydrogens (tertiary/aromatic N) is 3. The molecule has 4 heteroatoms. The molecule has 3 nitrogen and oxygen atoms in total. The van der Waals surface area contributed by atoms with Crippen LogP contribution >= 0.6 is 15.9 Å². The lowest BCUT2D eigenvalue weighted by Crippen LogP contribution is -2.18. The monoisotopic (exact) mass is 395 g/mol. The van der Waals surface area contributed by atoms with E-state index >= 15 is 0 Å². The fourth-order valence-electron chi connectivity index (χ4n) is 3.60. The van der Waals surface area contributed by atoms with E-state index in [2.05, 4.69) is 63.1 Å². The molecule has 0 spiro atoms. The van der Waals surface area contributed by atoms with Crippen LogP contribution in [0.3, 0.4) is 0 Å². The summed E-state index contributed by atoms with van der Waals surface area (Å²) in [5, 5.41) is 1.19. The third-order valence-electron chi connectivity index (χ3n) is 5.07. The number of rotatable bonds is 4. The molecule has 25 heavy (non-hydrogen) atoms. The third kappa shape index (κ3) is 3.60. The number of halogens is 1. The van der Waals surface area contributed by atoms with E-state index in [4.69, 9.17) is 4.98 Å². The first kappa shape index (κ1) is 16.7. The Balaban J connectivity index is 1.64. The molecule has 3 aromatic rings. The average molecular weight is 396 g/mol. The highest BCUT2D eigenvalue weighted by atomic mass is 79.9. The van der Waals surface area contributed by atoms with E-state index in [0.717, 1.165) is 28.6 Å². The molecule has 1 aliphatic rings. The van der Waals surface area contributed by atoms with E-state index in [-0.39, 0.29) is 0 Å². The smallest absolute Gasteiger partial charge is 0.0920 e. The molecule has 128 valence electrons. The van der Waals surface area contributed by atoms with Crippen molar-refractivity contribution in [3.05, 3.63) is 69.6 Å². The third-order valence-corrected chi connectivity index (χ3v) is 5.93. The van der Waals surface area contributed by atoms with Gasteiger partial charge in [0.15, 0.2) is 0 Å². The molecule has 0 unspecified atom stereocenters. The Hall–Kier alpha value is -1.78. The molecule has 0 atom stereocenters. The zero-order valence-electron chi connectivity index (χ0n) is 14.5. The van der Waals surface area contributed by atoms with Crippen LogP contribution in [0.4, 0.5) is 0 Å². The first-order valence-electron chi connectivity index (χ1n) is 8.89. The zero-order valence-corrected chi connectivity index (χ0v) is 16.1. The largest absolute Gasteiger partial charge is 0.299 e. The molecule has 1 fully saturated rings. The predicted octanol–water partition coefficient (Wildman–Crippen LogP) is 4.89. The van der Waals surface area contributed by atoms with E-state index in [1.165, 1.54) is 48.0 Å². The lowest BCUT2D eigenvalue weighted by Gasteiger charge is -2.15. The van der Waals surface area contributed by atoms with E-state index in [1.807, 2.05) is 12.4 Å². The Morgan fingerprint density at radius 2 is 1.96 bits per heavy atom. The SMILES string of the molecule is Cc1c(Br)cccc1Cc1nccc2cc(CN3CCCC3)cnc12. The summed E-state index contributed by atoms with van der Waals surface area (Å²) in [6, 6.07) is 10.7. The van der Waals surface area contributed by atoms with Gasteiger partial charge in [0, 0.05) is 35.2 Å². The molecule has 1 saturated heterocycles. The van der Waals surface area contributed by atoms with E-state index in [9.17, 15) is 0 Å². The maximum atomic E-state index is 4.77. The second-order valence-corrected chi connectivity index (χ2v) is 7.71. The molecule has 0 radical (unpaired) electrons. The molecule has 3 heterocycles. The van der Waals surface area contributed by atoms with Gasteiger partial charge in [-0.05, 0) is 67.7 Å². The van der Waals surface area contributed by atoms with Crippen LogP contribution in [-0.4, -0.2) is 28.0 Å². The molecule has 0 amide bonds. The van der Waals surface area contributed by atoms with Crippen LogP contribution in [-0.2, 0) is 13.0 Å². The summed E-state index contributed by atoms with van der Waals surface area (Å²) in [5.74, 6) is 0. The summed E-state index contributed by atoms with van der Waals surface area (Å²) in [5.41, 5.74) is 5.92. The molecule has 1 aliphatic heterocycles. The molecule has 0 aliphatic carbocycles. The van der Waals surface area contributed by atoms with Crippen LogP contribution in [0.25, 0.3) is 10.9 Å². The summed E-state index contributed by atoms with van der Waals surface area (Å²) >= 11 is 3.62. The number of hydrogen-bond acceptors (Lipinski definition) is 3. The number of fused-ring (bicyclic) bond motifs is 1. The Bertz CT molecular complexity index is 901. The molecule has 0 N–H and O–H groups in total. The molecule has 0 bridgehead atoms. The van der Waals surface area contributed by atoms with Crippen molar-refractivity contribution < 1.29 is 0 Å². The van der Waals surface area contributed by atoms with Crippen molar-refractivity contribution in [2.45, 2.75) is 32.7 Å². The molecule has 4 rings (SSSR count). The maximum absolute atomic E-state index is 4.77. The van der Waals surface area contributed by atoms with Gasteiger partial charge < -0.3 is 0 Å². The highest BCUT2D eigenvalue weighted by Gasteiger charge is 2.13. The standard InChI is InChI=1S/C21H22BrN3/c1-15-17(5-4-6-19(15)22)12-20-21-18(7-8-23-20)11-16(13-24-21)14-25-9-2-3-10-25/h4-8,11,13H,2-3,9-10,12,14H2,1H3. The van der Waals surface area contributed by atoms with E-state index < -0.39 is 0 Å². The fourth-order valence-corrected chi connectivity index (χ4v) is 4.01. The Morgan fingerprint density at radius 1 is 1.12 bits per heavy atom. The summed E-state index contributed by atoms with van der Waals surface area (Å²) in [4.78, 5) is 11.9.